The zero-order valence-electron chi connectivity index (χ0n) is 11.4. The maximum absolute atomic E-state index is 13.3. The molecule has 2 aromatic rings. The first kappa shape index (κ1) is 14.6. The van der Waals surface area contributed by atoms with E-state index in [9.17, 15) is 13.2 Å². The second-order valence-electron chi connectivity index (χ2n) is 5.42. The maximum Gasteiger partial charge on any atom is 0.392 e. The molecule has 21 heavy (non-hydrogen) atoms. The average Bonchev–Trinajstić information content (AvgIpc) is 2.81. The topological polar surface area (TPSA) is 43.1 Å². The monoisotopic (exact) mass is 318 g/mol. The Balaban J connectivity index is 2.10. The van der Waals surface area contributed by atoms with Crippen LogP contribution in [0.1, 0.15) is 43.3 Å². The van der Waals surface area contributed by atoms with Crippen molar-refractivity contribution in [2.75, 3.05) is 0 Å². The van der Waals surface area contributed by atoms with Crippen molar-refractivity contribution in [2.45, 2.75) is 44.7 Å². The first-order valence-electron chi connectivity index (χ1n) is 6.83. The van der Waals surface area contributed by atoms with Crippen molar-refractivity contribution in [2.24, 2.45) is 5.92 Å². The largest absolute Gasteiger partial charge is 0.392 e. The molecule has 1 aliphatic rings. The molecule has 1 aliphatic carbocycles. The Kier molecular flexibility index (Phi) is 3.55. The van der Waals surface area contributed by atoms with Gasteiger partial charge in [-0.15, -0.1) is 10.2 Å². The smallest absolute Gasteiger partial charge is 0.266 e. The van der Waals surface area contributed by atoms with E-state index in [1.807, 2.05) is 0 Å². The molecule has 0 saturated heterocycles. The molecule has 0 amide bonds. The molecule has 0 radical (unpaired) electrons. The molecule has 0 N–H and O–H groups in total. The van der Waals surface area contributed by atoms with Crippen molar-refractivity contribution >= 4 is 17.2 Å². The Labute approximate surface area is 124 Å². The Morgan fingerprint density at radius 2 is 1.95 bits per heavy atom. The molecule has 1 saturated carbocycles. The van der Waals surface area contributed by atoms with Crippen LogP contribution in [0.25, 0.3) is 5.65 Å². The van der Waals surface area contributed by atoms with E-state index in [-0.39, 0.29) is 11.6 Å². The molecule has 3 rings (SSSR count). The summed E-state index contributed by atoms with van der Waals surface area (Å²) in [6.07, 6.45) is -2.24. The van der Waals surface area contributed by atoms with E-state index >= 15 is 0 Å². The van der Waals surface area contributed by atoms with Gasteiger partial charge in [0.25, 0.3) is 0 Å². The first-order chi connectivity index (χ1) is 9.88. The number of aryl methyl sites for hydroxylation is 1. The van der Waals surface area contributed by atoms with E-state index in [2.05, 4.69) is 15.2 Å². The summed E-state index contributed by atoms with van der Waals surface area (Å²) in [5, 5.41) is 8.21. The molecule has 4 nitrogen and oxygen atoms in total. The van der Waals surface area contributed by atoms with Crippen molar-refractivity contribution in [3.8, 4) is 0 Å². The Bertz CT molecular complexity index is 667. The second kappa shape index (κ2) is 5.12. The molecule has 0 spiro atoms. The SMILES string of the molecule is Cc1nc(Cl)cc2nnc(C3CCCCC3C(F)(F)F)n12. The van der Waals surface area contributed by atoms with Gasteiger partial charge in [0.15, 0.2) is 5.65 Å². The molecule has 114 valence electrons. The third-order valence-corrected chi connectivity index (χ3v) is 4.27. The number of aromatic nitrogens is 4. The highest BCUT2D eigenvalue weighted by molar-refractivity contribution is 6.29. The molecular formula is C13H14ClF3N4. The highest BCUT2D eigenvalue weighted by Gasteiger charge is 2.47. The van der Waals surface area contributed by atoms with Crippen molar-refractivity contribution < 1.29 is 13.2 Å². The third-order valence-electron chi connectivity index (χ3n) is 4.07. The van der Waals surface area contributed by atoms with Gasteiger partial charge in [-0.3, -0.25) is 4.40 Å². The van der Waals surface area contributed by atoms with Crippen LogP contribution in [0.15, 0.2) is 6.07 Å². The molecule has 1 fully saturated rings. The number of nitrogens with zero attached hydrogens (tertiary/aromatic N) is 4. The first-order valence-corrected chi connectivity index (χ1v) is 7.20. The summed E-state index contributed by atoms with van der Waals surface area (Å²) in [4.78, 5) is 4.08. The van der Waals surface area contributed by atoms with E-state index in [4.69, 9.17) is 11.6 Å². The van der Waals surface area contributed by atoms with Crippen LogP contribution in [-0.2, 0) is 0 Å². The fourth-order valence-electron chi connectivity index (χ4n) is 3.15. The highest BCUT2D eigenvalue weighted by Crippen LogP contribution is 2.46. The van der Waals surface area contributed by atoms with E-state index in [1.54, 1.807) is 11.3 Å². The fourth-order valence-corrected chi connectivity index (χ4v) is 3.37. The van der Waals surface area contributed by atoms with Crippen LogP contribution in [0.2, 0.25) is 5.15 Å². The molecule has 0 aliphatic heterocycles. The summed E-state index contributed by atoms with van der Waals surface area (Å²) >= 11 is 5.85. The molecule has 0 aromatic carbocycles. The van der Waals surface area contributed by atoms with Crippen LogP contribution in [0, 0.1) is 12.8 Å². The molecule has 2 atom stereocenters. The van der Waals surface area contributed by atoms with Gasteiger partial charge in [-0.2, -0.15) is 13.2 Å². The molecule has 8 heteroatoms. The van der Waals surface area contributed by atoms with Crippen LogP contribution >= 0.6 is 11.6 Å². The van der Waals surface area contributed by atoms with Crippen LogP contribution in [-0.4, -0.2) is 25.8 Å². The number of alkyl halides is 3. The van der Waals surface area contributed by atoms with Gasteiger partial charge in [0.05, 0.1) is 5.92 Å². The Morgan fingerprint density at radius 1 is 1.24 bits per heavy atom. The number of halogens is 4. The Morgan fingerprint density at radius 3 is 2.67 bits per heavy atom. The maximum atomic E-state index is 13.3. The van der Waals surface area contributed by atoms with E-state index in [0.717, 1.165) is 6.42 Å². The number of hydrogen-bond donors (Lipinski definition) is 0. The van der Waals surface area contributed by atoms with Gasteiger partial charge >= 0.3 is 6.18 Å². The van der Waals surface area contributed by atoms with E-state index < -0.39 is 18.0 Å². The van der Waals surface area contributed by atoms with Crippen LogP contribution in [0.5, 0.6) is 0 Å². The van der Waals surface area contributed by atoms with Crippen molar-refractivity contribution in [3.05, 3.63) is 22.9 Å². The minimum Gasteiger partial charge on any atom is -0.266 e. The summed E-state index contributed by atoms with van der Waals surface area (Å²) in [5.74, 6) is -1.19. The minimum atomic E-state index is -4.22. The molecule has 2 unspecified atom stereocenters. The lowest BCUT2D eigenvalue weighted by atomic mass is 9.78. The molecule has 2 heterocycles. The summed E-state index contributed by atoms with van der Waals surface area (Å²) < 4.78 is 41.3. The van der Waals surface area contributed by atoms with Gasteiger partial charge in [-0.1, -0.05) is 24.4 Å². The van der Waals surface area contributed by atoms with Gasteiger partial charge in [0, 0.05) is 12.0 Å². The average molecular weight is 319 g/mol. The van der Waals surface area contributed by atoms with Crippen LogP contribution < -0.4 is 0 Å². The van der Waals surface area contributed by atoms with Gasteiger partial charge in [0.1, 0.15) is 16.8 Å². The fraction of sp³-hybridized carbons (Fsp3) is 0.615. The zero-order chi connectivity index (χ0) is 15.2. The van der Waals surface area contributed by atoms with Gasteiger partial charge < -0.3 is 0 Å². The quantitative estimate of drug-likeness (QED) is 0.748. The summed E-state index contributed by atoms with van der Waals surface area (Å²) in [6.45, 7) is 1.69. The van der Waals surface area contributed by atoms with Gasteiger partial charge in [0.2, 0.25) is 0 Å². The minimum absolute atomic E-state index is 0.142. The zero-order valence-corrected chi connectivity index (χ0v) is 12.1. The predicted molar refractivity (Wildman–Crippen MR) is 71.3 cm³/mol. The van der Waals surface area contributed by atoms with E-state index in [1.165, 1.54) is 6.07 Å². The standard InChI is InChI=1S/C13H14ClF3N4/c1-7-18-10(14)6-11-19-20-12(21(7)11)8-4-2-3-5-9(8)13(15,16)17/h6,8-9H,2-5H2,1H3. The lowest BCUT2D eigenvalue weighted by Gasteiger charge is -2.31. The Hall–Kier alpha value is -1.37. The predicted octanol–water partition coefficient (Wildman–Crippen LogP) is 3.92. The van der Waals surface area contributed by atoms with Gasteiger partial charge in [-0.25, -0.2) is 4.98 Å². The second-order valence-corrected chi connectivity index (χ2v) is 5.80. The summed E-state index contributed by atoms with van der Waals surface area (Å²) in [6, 6.07) is 1.51. The molecule has 2 aromatic heterocycles. The third kappa shape index (κ3) is 2.59. The highest BCUT2D eigenvalue weighted by atomic mass is 35.5. The number of fused-ring (bicyclic) bond motifs is 1. The number of rotatable bonds is 1. The van der Waals surface area contributed by atoms with Gasteiger partial charge in [-0.05, 0) is 19.8 Å². The number of hydrogen-bond acceptors (Lipinski definition) is 3. The normalized spacial score (nSPS) is 23.7. The molecular weight excluding hydrogens is 305 g/mol. The summed E-state index contributed by atoms with van der Waals surface area (Å²) in [7, 11) is 0. The van der Waals surface area contributed by atoms with Crippen LogP contribution in [0.3, 0.4) is 0 Å². The van der Waals surface area contributed by atoms with E-state index in [0.29, 0.717) is 30.1 Å². The lowest BCUT2D eigenvalue weighted by Crippen LogP contribution is -2.32. The van der Waals surface area contributed by atoms with Crippen molar-refractivity contribution in [1.82, 2.24) is 19.6 Å². The van der Waals surface area contributed by atoms with Crippen LogP contribution in [0.4, 0.5) is 13.2 Å². The molecule has 0 bridgehead atoms. The summed E-state index contributed by atoms with van der Waals surface area (Å²) in [5.41, 5.74) is 0.439. The van der Waals surface area contributed by atoms with Crippen molar-refractivity contribution in [1.29, 1.82) is 0 Å². The van der Waals surface area contributed by atoms with Crippen molar-refractivity contribution in [3.63, 3.8) is 0 Å². The lowest BCUT2D eigenvalue weighted by molar-refractivity contribution is -0.187.